The molecule has 0 aliphatic carbocycles. The van der Waals surface area contributed by atoms with Crippen molar-refractivity contribution in [2.75, 3.05) is 26.3 Å². The van der Waals surface area contributed by atoms with E-state index in [2.05, 4.69) is 20.1 Å². The average Bonchev–Trinajstić information content (AvgIpc) is 2.62. The quantitative estimate of drug-likeness (QED) is 0.619. The van der Waals surface area contributed by atoms with Gasteiger partial charge < -0.3 is 20.1 Å². The molecule has 0 aromatic heterocycles. The second-order valence-electron chi connectivity index (χ2n) is 6.32. The SMILES string of the molecule is Cl.O=C(NCC1CCCCN1)c1cc(OCC(F)(F)F)ccc1OCC(F)(F)F. The maximum absolute atomic E-state index is 12.4. The molecule has 1 unspecified atom stereocenters. The number of hydrogen-bond donors (Lipinski definition) is 2. The van der Waals surface area contributed by atoms with Crippen molar-refractivity contribution >= 4 is 18.3 Å². The Labute approximate surface area is 169 Å². The summed E-state index contributed by atoms with van der Waals surface area (Å²) in [6.07, 6.45) is -6.41. The smallest absolute Gasteiger partial charge is 0.422 e. The van der Waals surface area contributed by atoms with Crippen molar-refractivity contribution in [3.8, 4) is 11.5 Å². The molecule has 1 atom stereocenters. The Bertz CT molecular complexity index is 664. The van der Waals surface area contributed by atoms with Gasteiger partial charge in [-0.3, -0.25) is 4.79 Å². The molecule has 1 saturated heterocycles. The van der Waals surface area contributed by atoms with Gasteiger partial charge in [-0.1, -0.05) is 6.42 Å². The minimum Gasteiger partial charge on any atom is -0.484 e. The number of carbonyl (C=O) groups is 1. The monoisotopic (exact) mass is 450 g/mol. The molecule has 1 fully saturated rings. The van der Waals surface area contributed by atoms with E-state index in [0.29, 0.717) is 0 Å². The zero-order valence-electron chi connectivity index (χ0n) is 15.2. The van der Waals surface area contributed by atoms with E-state index in [1.165, 1.54) is 0 Å². The van der Waals surface area contributed by atoms with Crippen molar-refractivity contribution in [3.63, 3.8) is 0 Å². The number of benzene rings is 1. The van der Waals surface area contributed by atoms with Gasteiger partial charge in [-0.25, -0.2) is 0 Å². The van der Waals surface area contributed by atoms with Crippen LogP contribution in [0.4, 0.5) is 26.3 Å². The summed E-state index contributed by atoms with van der Waals surface area (Å²) in [5.74, 6) is -1.47. The molecule has 29 heavy (non-hydrogen) atoms. The van der Waals surface area contributed by atoms with Crippen molar-refractivity contribution in [2.45, 2.75) is 37.7 Å². The van der Waals surface area contributed by atoms with E-state index in [0.717, 1.165) is 44.0 Å². The summed E-state index contributed by atoms with van der Waals surface area (Å²) in [5, 5.41) is 5.75. The Morgan fingerprint density at radius 3 is 2.31 bits per heavy atom. The van der Waals surface area contributed by atoms with Crippen LogP contribution in [0.2, 0.25) is 0 Å². The van der Waals surface area contributed by atoms with Gasteiger partial charge >= 0.3 is 12.4 Å². The van der Waals surface area contributed by atoms with Crippen LogP contribution < -0.4 is 20.1 Å². The summed E-state index contributed by atoms with van der Waals surface area (Å²) in [6, 6.07) is 2.94. The standard InChI is InChI=1S/C17H20F6N2O3.ClH/c18-16(19,20)9-27-12-4-5-14(28-10-17(21,22)23)13(7-12)15(26)25-8-11-3-1-2-6-24-11;/h4-5,7,11,24H,1-3,6,8-10H2,(H,25,26);1H. The molecule has 0 radical (unpaired) electrons. The van der Waals surface area contributed by atoms with Gasteiger partial charge in [0.1, 0.15) is 11.5 Å². The highest BCUT2D eigenvalue weighted by molar-refractivity contribution is 5.97. The normalized spacial score (nSPS) is 17.2. The van der Waals surface area contributed by atoms with E-state index in [1.807, 2.05) is 0 Å². The molecular formula is C17H21ClF6N2O3. The summed E-state index contributed by atoms with van der Waals surface area (Å²) >= 11 is 0. The maximum Gasteiger partial charge on any atom is 0.422 e. The highest BCUT2D eigenvalue weighted by Gasteiger charge is 2.30. The fourth-order valence-electron chi connectivity index (χ4n) is 2.64. The molecule has 1 heterocycles. The number of halogens is 7. The third-order valence-electron chi connectivity index (χ3n) is 3.91. The molecule has 1 aromatic carbocycles. The second-order valence-corrected chi connectivity index (χ2v) is 6.32. The fourth-order valence-corrected chi connectivity index (χ4v) is 2.64. The summed E-state index contributed by atoms with van der Waals surface area (Å²) in [6.45, 7) is -2.21. The lowest BCUT2D eigenvalue weighted by Crippen LogP contribution is -2.43. The number of amides is 1. The molecule has 1 aromatic rings. The van der Waals surface area contributed by atoms with Crippen LogP contribution in [-0.4, -0.2) is 50.6 Å². The summed E-state index contributed by atoms with van der Waals surface area (Å²) in [5.41, 5.74) is -0.334. The first kappa shape index (κ1) is 25.2. The number of nitrogens with one attached hydrogen (secondary N) is 2. The molecule has 2 rings (SSSR count). The van der Waals surface area contributed by atoms with E-state index in [4.69, 9.17) is 0 Å². The number of hydrogen-bond acceptors (Lipinski definition) is 4. The van der Waals surface area contributed by atoms with E-state index in [9.17, 15) is 31.1 Å². The van der Waals surface area contributed by atoms with Crippen molar-refractivity contribution in [1.82, 2.24) is 10.6 Å². The zero-order valence-corrected chi connectivity index (χ0v) is 16.0. The molecule has 0 bridgehead atoms. The Kier molecular flexibility index (Phi) is 9.34. The van der Waals surface area contributed by atoms with Gasteiger partial charge in [-0.15, -0.1) is 12.4 Å². The van der Waals surface area contributed by atoms with E-state index < -0.39 is 37.2 Å². The Hall–Kier alpha value is -1.88. The largest absolute Gasteiger partial charge is 0.484 e. The van der Waals surface area contributed by atoms with Crippen LogP contribution in [0.15, 0.2) is 18.2 Å². The number of carbonyl (C=O) groups excluding carboxylic acids is 1. The molecule has 166 valence electrons. The summed E-state index contributed by atoms with van der Waals surface area (Å²) in [4.78, 5) is 12.4. The molecule has 0 spiro atoms. The lowest BCUT2D eigenvalue weighted by Gasteiger charge is -2.24. The van der Waals surface area contributed by atoms with Gasteiger partial charge in [0.25, 0.3) is 5.91 Å². The second kappa shape index (κ2) is 10.8. The number of rotatable bonds is 7. The lowest BCUT2D eigenvalue weighted by molar-refractivity contribution is -0.154. The van der Waals surface area contributed by atoms with Gasteiger partial charge in [0.2, 0.25) is 0 Å². The summed E-state index contributed by atoms with van der Waals surface area (Å²) < 4.78 is 83.3. The van der Waals surface area contributed by atoms with Crippen molar-refractivity contribution in [3.05, 3.63) is 23.8 Å². The van der Waals surface area contributed by atoms with E-state index >= 15 is 0 Å². The van der Waals surface area contributed by atoms with Crippen LogP contribution >= 0.6 is 12.4 Å². The van der Waals surface area contributed by atoms with Crippen LogP contribution in [-0.2, 0) is 0 Å². The molecule has 0 saturated carbocycles. The average molecular weight is 451 g/mol. The Balaban J connectivity index is 0.00000420. The van der Waals surface area contributed by atoms with Gasteiger partial charge in [0.15, 0.2) is 13.2 Å². The molecule has 2 N–H and O–H groups in total. The first-order valence-corrected chi connectivity index (χ1v) is 8.58. The molecule has 12 heteroatoms. The van der Waals surface area contributed by atoms with E-state index in [1.54, 1.807) is 0 Å². The van der Waals surface area contributed by atoms with E-state index in [-0.39, 0.29) is 36.3 Å². The molecule has 1 aliphatic heterocycles. The Morgan fingerprint density at radius 1 is 1.07 bits per heavy atom. The van der Waals surface area contributed by atoms with Crippen LogP contribution in [0, 0.1) is 0 Å². The van der Waals surface area contributed by atoms with Crippen molar-refractivity contribution in [2.24, 2.45) is 0 Å². The predicted octanol–water partition coefficient (Wildman–Crippen LogP) is 3.86. The van der Waals surface area contributed by atoms with Gasteiger partial charge in [-0.05, 0) is 37.6 Å². The molecule has 1 aliphatic rings. The number of piperidine rings is 1. The first-order valence-electron chi connectivity index (χ1n) is 8.58. The van der Waals surface area contributed by atoms with Crippen LogP contribution in [0.25, 0.3) is 0 Å². The van der Waals surface area contributed by atoms with Gasteiger partial charge in [0.05, 0.1) is 5.56 Å². The van der Waals surface area contributed by atoms with Crippen LogP contribution in [0.3, 0.4) is 0 Å². The van der Waals surface area contributed by atoms with Crippen LogP contribution in [0.5, 0.6) is 11.5 Å². The van der Waals surface area contributed by atoms with Crippen LogP contribution in [0.1, 0.15) is 29.6 Å². The highest BCUT2D eigenvalue weighted by atomic mass is 35.5. The van der Waals surface area contributed by atoms with Crippen molar-refractivity contribution in [1.29, 1.82) is 0 Å². The lowest BCUT2D eigenvalue weighted by atomic mass is 10.0. The number of alkyl halides is 6. The zero-order chi connectivity index (χ0) is 20.8. The van der Waals surface area contributed by atoms with Gasteiger partial charge in [-0.2, -0.15) is 26.3 Å². The molecule has 1 amide bonds. The Morgan fingerprint density at radius 2 is 1.72 bits per heavy atom. The third-order valence-corrected chi connectivity index (χ3v) is 3.91. The minimum atomic E-state index is -4.63. The third kappa shape index (κ3) is 9.44. The minimum absolute atomic E-state index is 0. The maximum atomic E-state index is 12.4. The first-order chi connectivity index (χ1) is 13.0. The van der Waals surface area contributed by atoms with Crippen molar-refractivity contribution < 1.29 is 40.6 Å². The molecule has 5 nitrogen and oxygen atoms in total. The van der Waals surface area contributed by atoms with Gasteiger partial charge in [0, 0.05) is 12.6 Å². The number of ether oxygens (including phenoxy) is 2. The molecular weight excluding hydrogens is 430 g/mol. The predicted molar refractivity (Wildman–Crippen MR) is 94.8 cm³/mol. The topological polar surface area (TPSA) is 59.6 Å². The summed E-state index contributed by atoms with van der Waals surface area (Å²) in [7, 11) is 0. The highest BCUT2D eigenvalue weighted by Crippen LogP contribution is 2.28. The fraction of sp³-hybridized carbons (Fsp3) is 0.588.